The molecule has 1 fully saturated rings. The number of hydrogen-bond acceptors (Lipinski definition) is 6. The molecule has 0 radical (unpaired) electrons. The molecule has 0 aromatic rings. The minimum absolute atomic E-state index is 0.209. The Morgan fingerprint density at radius 2 is 2.00 bits per heavy atom. The number of rotatable bonds is 6. The highest BCUT2D eigenvalue weighted by molar-refractivity contribution is 4.67. The first-order chi connectivity index (χ1) is 6.52. The van der Waals surface area contributed by atoms with Crippen molar-refractivity contribution in [1.29, 1.82) is 0 Å². The SMILES string of the molecule is O=[N+]([O-])C(C(F)OCC1CO1)[N+](=O)[O-]. The molecule has 1 rings (SSSR count). The van der Waals surface area contributed by atoms with Crippen LogP contribution in [0.3, 0.4) is 0 Å². The van der Waals surface area contributed by atoms with Gasteiger partial charge in [0.1, 0.15) is 16.0 Å². The molecular weight excluding hydrogens is 203 g/mol. The molecule has 0 spiro atoms. The standard InChI is InChI=1S/C5H7FN2O6/c6-4(14-2-3-1-13-3)5(7(9)10)8(11)12/h3-5H,1-2H2. The minimum atomic E-state index is -2.58. The van der Waals surface area contributed by atoms with Crippen LogP contribution in [0.25, 0.3) is 0 Å². The molecule has 1 aliphatic rings. The fourth-order valence-corrected chi connectivity index (χ4v) is 0.718. The Balaban J connectivity index is 2.40. The molecule has 9 heteroatoms. The maximum Gasteiger partial charge on any atom is 0.504 e. The minimum Gasteiger partial charge on any atom is -0.371 e. The van der Waals surface area contributed by atoms with E-state index in [1.807, 2.05) is 0 Å². The molecule has 80 valence electrons. The van der Waals surface area contributed by atoms with Crippen LogP contribution in [0.15, 0.2) is 0 Å². The lowest BCUT2D eigenvalue weighted by atomic mass is 10.5. The number of nitro groups is 2. The van der Waals surface area contributed by atoms with Crippen LogP contribution in [0.4, 0.5) is 4.39 Å². The molecule has 8 nitrogen and oxygen atoms in total. The van der Waals surface area contributed by atoms with Gasteiger partial charge in [-0.15, -0.1) is 0 Å². The maximum absolute atomic E-state index is 12.8. The molecule has 0 bridgehead atoms. The second-order valence-electron chi connectivity index (χ2n) is 2.62. The summed E-state index contributed by atoms with van der Waals surface area (Å²) < 4.78 is 21.7. The number of hydrogen-bond donors (Lipinski definition) is 0. The van der Waals surface area contributed by atoms with Crippen LogP contribution in [-0.2, 0) is 9.47 Å². The van der Waals surface area contributed by atoms with E-state index in [1.165, 1.54) is 0 Å². The van der Waals surface area contributed by atoms with Gasteiger partial charge >= 0.3 is 12.5 Å². The first kappa shape index (κ1) is 10.7. The first-order valence-electron chi connectivity index (χ1n) is 3.66. The Labute approximate surface area is 76.9 Å². The van der Waals surface area contributed by atoms with Crippen LogP contribution >= 0.6 is 0 Å². The van der Waals surface area contributed by atoms with E-state index in [1.54, 1.807) is 0 Å². The van der Waals surface area contributed by atoms with E-state index in [-0.39, 0.29) is 12.7 Å². The fraction of sp³-hybridized carbons (Fsp3) is 1.00. The number of alkyl halides is 1. The number of ether oxygens (including phenoxy) is 2. The highest BCUT2D eigenvalue weighted by Gasteiger charge is 2.44. The van der Waals surface area contributed by atoms with E-state index in [4.69, 9.17) is 0 Å². The van der Waals surface area contributed by atoms with E-state index < -0.39 is 22.4 Å². The van der Waals surface area contributed by atoms with Gasteiger partial charge in [0.25, 0.3) is 0 Å². The molecule has 2 unspecified atom stereocenters. The normalized spacial score (nSPS) is 22.0. The monoisotopic (exact) mass is 210 g/mol. The Bertz CT molecular complexity index is 230. The van der Waals surface area contributed by atoms with E-state index in [9.17, 15) is 24.6 Å². The second-order valence-corrected chi connectivity index (χ2v) is 2.62. The summed E-state index contributed by atoms with van der Waals surface area (Å²) in [6.07, 6.45) is -5.43. The van der Waals surface area contributed by atoms with Gasteiger partial charge < -0.3 is 9.47 Å². The summed E-state index contributed by atoms with van der Waals surface area (Å²) in [6, 6.07) is 0. The van der Waals surface area contributed by atoms with Crippen molar-refractivity contribution in [3.05, 3.63) is 20.2 Å². The highest BCUT2D eigenvalue weighted by Crippen LogP contribution is 2.13. The molecule has 0 aromatic heterocycles. The topological polar surface area (TPSA) is 108 Å². The molecule has 14 heavy (non-hydrogen) atoms. The van der Waals surface area contributed by atoms with Crippen molar-refractivity contribution >= 4 is 0 Å². The fourth-order valence-electron chi connectivity index (χ4n) is 0.718. The van der Waals surface area contributed by atoms with Crippen molar-refractivity contribution in [2.45, 2.75) is 18.6 Å². The zero-order chi connectivity index (χ0) is 10.7. The summed E-state index contributed by atoms with van der Waals surface area (Å²) in [5.74, 6) is 0. The molecule has 0 N–H and O–H groups in total. The van der Waals surface area contributed by atoms with Gasteiger partial charge in [-0.3, -0.25) is 20.2 Å². The highest BCUT2D eigenvalue weighted by atomic mass is 19.1. The number of halogens is 1. The lowest BCUT2D eigenvalue weighted by Gasteiger charge is -2.07. The summed E-state index contributed by atoms with van der Waals surface area (Å²) in [4.78, 5) is 17.4. The van der Waals surface area contributed by atoms with Crippen LogP contribution in [0.5, 0.6) is 0 Å². The maximum atomic E-state index is 12.8. The van der Waals surface area contributed by atoms with Gasteiger partial charge in [-0.2, -0.15) is 4.39 Å². The quantitative estimate of drug-likeness (QED) is 0.255. The lowest BCUT2D eigenvalue weighted by molar-refractivity contribution is -0.757. The van der Waals surface area contributed by atoms with Crippen molar-refractivity contribution < 1.29 is 23.7 Å². The largest absolute Gasteiger partial charge is 0.504 e. The zero-order valence-corrected chi connectivity index (χ0v) is 6.87. The van der Waals surface area contributed by atoms with E-state index in [0.29, 0.717) is 6.61 Å². The summed E-state index contributed by atoms with van der Waals surface area (Å²) in [7, 11) is 0. The van der Waals surface area contributed by atoms with Gasteiger partial charge in [0, 0.05) is 0 Å². The molecule has 1 aliphatic heterocycles. The van der Waals surface area contributed by atoms with Gasteiger partial charge in [-0.25, -0.2) is 0 Å². The smallest absolute Gasteiger partial charge is 0.371 e. The van der Waals surface area contributed by atoms with Crippen molar-refractivity contribution in [2.75, 3.05) is 13.2 Å². The Hall–Kier alpha value is -1.35. The zero-order valence-electron chi connectivity index (χ0n) is 6.87. The third kappa shape index (κ3) is 2.85. The van der Waals surface area contributed by atoms with Crippen LogP contribution < -0.4 is 0 Å². The van der Waals surface area contributed by atoms with E-state index >= 15 is 0 Å². The molecule has 0 saturated carbocycles. The van der Waals surface area contributed by atoms with Crippen LogP contribution in [-0.4, -0.2) is 41.7 Å². The Morgan fingerprint density at radius 1 is 1.50 bits per heavy atom. The average Bonchev–Trinajstić information content (AvgIpc) is 2.81. The predicted molar refractivity (Wildman–Crippen MR) is 38.4 cm³/mol. The van der Waals surface area contributed by atoms with E-state index in [0.717, 1.165) is 0 Å². The average molecular weight is 210 g/mol. The molecule has 1 heterocycles. The molecule has 1 saturated heterocycles. The summed E-state index contributed by atoms with van der Waals surface area (Å²) >= 11 is 0. The molecule has 0 aliphatic carbocycles. The predicted octanol–water partition coefficient (Wildman–Crippen LogP) is -0.423. The third-order valence-corrected chi connectivity index (χ3v) is 1.51. The summed E-state index contributed by atoms with van der Waals surface area (Å²) in [6.45, 7) is 0.174. The Kier molecular flexibility index (Phi) is 3.25. The number of epoxide rings is 1. The summed E-state index contributed by atoms with van der Waals surface area (Å²) in [5, 5.41) is 20.1. The van der Waals surface area contributed by atoms with E-state index in [2.05, 4.69) is 9.47 Å². The van der Waals surface area contributed by atoms with Crippen molar-refractivity contribution in [3.63, 3.8) is 0 Å². The number of nitrogens with zero attached hydrogens (tertiary/aromatic N) is 2. The van der Waals surface area contributed by atoms with Gasteiger partial charge in [0.05, 0.1) is 13.2 Å². The molecule has 0 amide bonds. The Morgan fingerprint density at radius 3 is 2.36 bits per heavy atom. The molecular formula is C5H7FN2O6. The lowest BCUT2D eigenvalue weighted by Crippen LogP contribution is -2.40. The third-order valence-electron chi connectivity index (χ3n) is 1.51. The van der Waals surface area contributed by atoms with Crippen LogP contribution in [0.2, 0.25) is 0 Å². The molecule has 2 atom stereocenters. The van der Waals surface area contributed by atoms with Crippen LogP contribution in [0.1, 0.15) is 0 Å². The molecule has 0 aromatic carbocycles. The van der Waals surface area contributed by atoms with Gasteiger partial charge in [-0.1, -0.05) is 0 Å². The van der Waals surface area contributed by atoms with Crippen molar-refractivity contribution in [1.82, 2.24) is 0 Å². The van der Waals surface area contributed by atoms with Crippen molar-refractivity contribution in [2.24, 2.45) is 0 Å². The second kappa shape index (κ2) is 4.24. The van der Waals surface area contributed by atoms with Crippen LogP contribution in [0, 0.1) is 20.2 Å². The first-order valence-corrected chi connectivity index (χ1v) is 3.66. The van der Waals surface area contributed by atoms with Gasteiger partial charge in [0.2, 0.25) is 0 Å². The van der Waals surface area contributed by atoms with Crippen molar-refractivity contribution in [3.8, 4) is 0 Å². The van der Waals surface area contributed by atoms with Gasteiger partial charge in [0.15, 0.2) is 0 Å². The summed E-state index contributed by atoms with van der Waals surface area (Å²) in [5.41, 5.74) is 0. The van der Waals surface area contributed by atoms with Gasteiger partial charge in [-0.05, 0) is 0 Å².